The van der Waals surface area contributed by atoms with Crippen LogP contribution in [0.4, 0.5) is 0 Å². The summed E-state index contributed by atoms with van der Waals surface area (Å²) in [5.41, 5.74) is 0.578. The zero-order valence-electron chi connectivity index (χ0n) is 15.1. The normalized spacial score (nSPS) is 13.3. The predicted octanol–water partition coefficient (Wildman–Crippen LogP) is 2.69. The van der Waals surface area contributed by atoms with Gasteiger partial charge in [0.1, 0.15) is 5.69 Å². The fourth-order valence-corrected chi connectivity index (χ4v) is 4.49. The summed E-state index contributed by atoms with van der Waals surface area (Å²) >= 11 is 13.2. The van der Waals surface area contributed by atoms with Gasteiger partial charge in [-0.15, -0.1) is 10.2 Å². The van der Waals surface area contributed by atoms with Gasteiger partial charge in [0.15, 0.2) is 11.5 Å². The maximum Gasteiger partial charge on any atom is 0.283 e. The third-order valence-electron chi connectivity index (χ3n) is 4.58. The molecule has 7 nitrogen and oxygen atoms in total. The first-order valence-electron chi connectivity index (χ1n) is 8.76. The lowest BCUT2D eigenvalue weighted by molar-refractivity contribution is 0.174. The smallest absolute Gasteiger partial charge is 0.283 e. The van der Waals surface area contributed by atoms with Gasteiger partial charge in [0.05, 0.1) is 4.53 Å². The van der Waals surface area contributed by atoms with E-state index in [0.29, 0.717) is 31.6 Å². The van der Waals surface area contributed by atoms with Crippen LogP contribution in [0.2, 0.25) is 10.0 Å². The van der Waals surface area contributed by atoms with E-state index in [-0.39, 0.29) is 23.9 Å². The van der Waals surface area contributed by atoms with Crippen LogP contribution in [0.5, 0.6) is 11.5 Å². The molecule has 0 unspecified atom stereocenters. The predicted molar refractivity (Wildman–Crippen MR) is 114 cm³/mol. The van der Waals surface area contributed by atoms with Crippen molar-refractivity contribution in [2.24, 2.45) is 0 Å². The summed E-state index contributed by atoms with van der Waals surface area (Å²) in [7, 11) is 0. The van der Waals surface area contributed by atoms with Crippen molar-refractivity contribution in [2.45, 2.75) is 6.42 Å². The van der Waals surface area contributed by atoms with Crippen LogP contribution in [-0.2, 0) is 6.42 Å². The number of ether oxygens (including phenoxy) is 2. The first-order valence-corrected chi connectivity index (χ1v) is 10.3. The lowest BCUT2D eigenvalue weighted by Gasteiger charge is -2.03. The van der Waals surface area contributed by atoms with Gasteiger partial charge >= 0.3 is 0 Å². The monoisotopic (exact) mass is 459 g/mol. The number of rotatable bonds is 3. The van der Waals surface area contributed by atoms with Crippen molar-refractivity contribution in [1.82, 2.24) is 14.6 Å². The second kappa shape index (κ2) is 7.39. The molecule has 0 radical (unpaired) electrons. The molecule has 0 saturated heterocycles. The maximum absolute atomic E-state index is 12.9. The van der Waals surface area contributed by atoms with Crippen molar-refractivity contribution in [3.8, 4) is 11.5 Å². The Hall–Kier alpha value is -2.94. The van der Waals surface area contributed by atoms with Crippen molar-refractivity contribution < 1.29 is 9.47 Å². The van der Waals surface area contributed by atoms with Crippen LogP contribution >= 0.6 is 34.5 Å². The van der Waals surface area contributed by atoms with Crippen molar-refractivity contribution in [1.29, 1.82) is 0 Å². The number of halogens is 2. The highest BCUT2D eigenvalue weighted by atomic mass is 35.5. The van der Waals surface area contributed by atoms with Crippen LogP contribution in [0.25, 0.3) is 11.0 Å². The highest BCUT2D eigenvalue weighted by Crippen LogP contribution is 2.32. The molecule has 2 aromatic heterocycles. The Morgan fingerprint density at radius 1 is 1.03 bits per heavy atom. The van der Waals surface area contributed by atoms with Gasteiger partial charge in [0, 0.05) is 16.5 Å². The number of benzene rings is 2. The molecule has 0 saturated carbocycles. The molecule has 5 rings (SSSR count). The third-order valence-corrected chi connectivity index (χ3v) is 6.13. The van der Waals surface area contributed by atoms with Crippen molar-refractivity contribution >= 4 is 45.6 Å². The number of hydrogen-bond acceptors (Lipinski definition) is 7. The molecule has 4 aromatic rings. The summed E-state index contributed by atoms with van der Waals surface area (Å²) < 4.78 is 12.1. The summed E-state index contributed by atoms with van der Waals surface area (Å²) in [5, 5.41) is 8.99. The largest absolute Gasteiger partial charge is 0.454 e. The molecule has 0 aliphatic carbocycles. The standard InChI is InChI=1S/C20H11Cl2N3O4S/c21-12-3-2-11(13(22)8-12)7-14-18(26)25-19(27)17(30-20(25)24-23-14)6-10-1-4-15-16(5-10)29-9-28-15/h1-6,8H,7,9H2/b17-6-. The number of aromatic nitrogens is 3. The lowest BCUT2D eigenvalue weighted by atomic mass is 10.1. The second-order valence-electron chi connectivity index (χ2n) is 6.51. The summed E-state index contributed by atoms with van der Waals surface area (Å²) in [4.78, 5) is 26.0. The Balaban J connectivity index is 1.58. The number of thiazole rings is 1. The van der Waals surface area contributed by atoms with Crippen LogP contribution in [0.3, 0.4) is 0 Å². The van der Waals surface area contributed by atoms with Crippen LogP contribution in [-0.4, -0.2) is 21.4 Å². The highest BCUT2D eigenvalue weighted by Gasteiger charge is 2.16. The number of fused-ring (bicyclic) bond motifs is 2. The summed E-state index contributed by atoms with van der Waals surface area (Å²) in [6.07, 6.45) is 1.82. The van der Waals surface area contributed by atoms with E-state index in [1.165, 1.54) is 0 Å². The fourth-order valence-electron chi connectivity index (χ4n) is 3.11. The molecular formula is C20H11Cl2N3O4S. The first kappa shape index (κ1) is 19.0. The van der Waals surface area contributed by atoms with Crippen molar-refractivity contribution in [3.63, 3.8) is 0 Å². The van der Waals surface area contributed by atoms with Gasteiger partial charge in [-0.25, -0.2) is 4.40 Å². The zero-order chi connectivity index (χ0) is 20.8. The van der Waals surface area contributed by atoms with E-state index in [4.69, 9.17) is 32.7 Å². The molecule has 150 valence electrons. The van der Waals surface area contributed by atoms with E-state index in [0.717, 1.165) is 21.3 Å². The van der Waals surface area contributed by atoms with E-state index in [2.05, 4.69) is 10.2 Å². The maximum atomic E-state index is 12.9. The minimum Gasteiger partial charge on any atom is -0.454 e. The molecule has 2 aromatic carbocycles. The minimum atomic E-state index is -0.516. The summed E-state index contributed by atoms with van der Waals surface area (Å²) in [6.45, 7) is 0.167. The summed E-state index contributed by atoms with van der Waals surface area (Å²) in [5.74, 6) is 1.26. The Kier molecular flexibility index (Phi) is 4.69. The van der Waals surface area contributed by atoms with Crippen LogP contribution in [0, 0.1) is 0 Å². The van der Waals surface area contributed by atoms with Gasteiger partial charge in [-0.1, -0.05) is 46.7 Å². The Morgan fingerprint density at radius 3 is 2.70 bits per heavy atom. The molecule has 0 N–H and O–H groups in total. The van der Waals surface area contributed by atoms with Gasteiger partial charge < -0.3 is 9.47 Å². The molecule has 0 amide bonds. The topological polar surface area (TPSA) is 82.8 Å². The Morgan fingerprint density at radius 2 is 1.87 bits per heavy atom. The molecule has 0 spiro atoms. The van der Waals surface area contributed by atoms with E-state index in [1.54, 1.807) is 42.5 Å². The fraction of sp³-hybridized carbons (Fsp3) is 0.100. The van der Waals surface area contributed by atoms with E-state index in [1.807, 2.05) is 0 Å². The van der Waals surface area contributed by atoms with Crippen molar-refractivity contribution in [3.05, 3.63) is 88.5 Å². The highest BCUT2D eigenvalue weighted by molar-refractivity contribution is 7.15. The molecule has 30 heavy (non-hydrogen) atoms. The van der Waals surface area contributed by atoms with E-state index in [9.17, 15) is 9.59 Å². The van der Waals surface area contributed by atoms with Crippen molar-refractivity contribution in [2.75, 3.05) is 6.79 Å². The second-order valence-corrected chi connectivity index (χ2v) is 8.36. The van der Waals surface area contributed by atoms with Crippen LogP contribution in [0.1, 0.15) is 16.8 Å². The van der Waals surface area contributed by atoms with E-state index < -0.39 is 11.1 Å². The van der Waals surface area contributed by atoms with Gasteiger partial charge in [0.2, 0.25) is 11.8 Å². The SMILES string of the molecule is O=c1c(Cc2ccc(Cl)cc2Cl)nnc2s/c(=C\c3ccc4c(c3)OCO4)c(=O)n12. The third kappa shape index (κ3) is 3.32. The van der Waals surface area contributed by atoms with Gasteiger partial charge in [-0.2, -0.15) is 0 Å². The molecule has 1 aliphatic heterocycles. The summed E-state index contributed by atoms with van der Waals surface area (Å²) in [6, 6.07) is 10.3. The minimum absolute atomic E-state index is 0.126. The van der Waals surface area contributed by atoms with E-state index >= 15 is 0 Å². The molecule has 1 aliphatic rings. The van der Waals surface area contributed by atoms with Crippen LogP contribution in [0.15, 0.2) is 46.0 Å². The molecule has 0 atom stereocenters. The molecule has 3 heterocycles. The molecule has 0 fully saturated rings. The number of nitrogens with zero attached hydrogens (tertiary/aromatic N) is 3. The zero-order valence-corrected chi connectivity index (χ0v) is 17.4. The van der Waals surface area contributed by atoms with Crippen LogP contribution < -0.4 is 25.1 Å². The van der Waals surface area contributed by atoms with Gasteiger partial charge in [0.25, 0.3) is 11.1 Å². The average Bonchev–Trinajstić information content (AvgIpc) is 3.30. The average molecular weight is 460 g/mol. The molecule has 10 heteroatoms. The first-order chi connectivity index (χ1) is 14.5. The Bertz CT molecular complexity index is 1480. The Labute approximate surface area is 182 Å². The molecule has 0 bridgehead atoms. The van der Waals surface area contributed by atoms with Gasteiger partial charge in [-0.3, -0.25) is 9.59 Å². The number of hydrogen-bond donors (Lipinski definition) is 0. The quantitative estimate of drug-likeness (QED) is 0.468. The molecular weight excluding hydrogens is 449 g/mol. The lowest BCUT2D eigenvalue weighted by Crippen LogP contribution is -2.33. The van der Waals surface area contributed by atoms with Gasteiger partial charge in [-0.05, 0) is 41.5 Å².